The van der Waals surface area contributed by atoms with Gasteiger partial charge in [0, 0.05) is 11.5 Å². The predicted molar refractivity (Wildman–Crippen MR) is 66.9 cm³/mol. The monoisotopic (exact) mass is 238 g/mol. The Balaban J connectivity index is 1.98. The van der Waals surface area contributed by atoms with Gasteiger partial charge in [0.2, 0.25) is 0 Å². The Labute approximate surface area is 106 Å². The summed E-state index contributed by atoms with van der Waals surface area (Å²) in [6.45, 7) is 0. The molecule has 4 atom stereocenters. The molecule has 0 amide bonds. The van der Waals surface area contributed by atoms with Gasteiger partial charge >= 0.3 is 5.97 Å². The van der Waals surface area contributed by atoms with Crippen LogP contribution in [0, 0.1) is 30.1 Å². The zero-order chi connectivity index (χ0) is 12.3. The van der Waals surface area contributed by atoms with E-state index in [0.717, 1.165) is 30.6 Å². The van der Waals surface area contributed by atoms with Gasteiger partial charge in [-0.25, -0.2) is 0 Å². The second-order valence-electron chi connectivity index (χ2n) is 5.67. The molecule has 2 heteroatoms. The summed E-state index contributed by atoms with van der Waals surface area (Å²) in [6, 6.07) is 7.78. The Hall–Kier alpha value is -1.75. The lowest BCUT2D eigenvalue weighted by atomic mass is 9.63. The third kappa shape index (κ3) is 0.916. The van der Waals surface area contributed by atoms with Crippen LogP contribution >= 0.6 is 0 Å². The Morgan fingerprint density at radius 3 is 3.00 bits per heavy atom. The highest BCUT2D eigenvalue weighted by Crippen LogP contribution is 2.64. The summed E-state index contributed by atoms with van der Waals surface area (Å²) in [7, 11) is 0. The molecule has 0 radical (unpaired) electrons. The van der Waals surface area contributed by atoms with Gasteiger partial charge in [-0.05, 0) is 37.2 Å². The van der Waals surface area contributed by atoms with Gasteiger partial charge in [0.15, 0.2) is 0 Å². The van der Waals surface area contributed by atoms with Gasteiger partial charge < -0.3 is 4.74 Å². The molecule has 2 saturated carbocycles. The molecule has 90 valence electrons. The molecule has 1 aliphatic heterocycles. The minimum atomic E-state index is -0.533. The van der Waals surface area contributed by atoms with E-state index in [1.807, 2.05) is 24.3 Å². The number of terminal acetylenes is 1. The molecule has 0 saturated heterocycles. The van der Waals surface area contributed by atoms with Crippen molar-refractivity contribution in [3.05, 3.63) is 29.8 Å². The maximum atomic E-state index is 12.5. The topological polar surface area (TPSA) is 26.3 Å². The first-order valence-electron chi connectivity index (χ1n) is 6.56. The maximum absolute atomic E-state index is 12.5. The number of benzene rings is 1. The Morgan fingerprint density at radius 2 is 2.17 bits per heavy atom. The van der Waals surface area contributed by atoms with Crippen LogP contribution in [0.4, 0.5) is 0 Å². The van der Waals surface area contributed by atoms with Gasteiger partial charge in [-0.2, -0.15) is 0 Å². The van der Waals surface area contributed by atoms with Crippen LogP contribution in [0.15, 0.2) is 24.3 Å². The minimum absolute atomic E-state index is 0.0207. The van der Waals surface area contributed by atoms with E-state index in [1.54, 1.807) is 0 Å². The van der Waals surface area contributed by atoms with Gasteiger partial charge in [-0.3, -0.25) is 4.79 Å². The van der Waals surface area contributed by atoms with Gasteiger partial charge in [0.25, 0.3) is 0 Å². The van der Waals surface area contributed by atoms with Crippen molar-refractivity contribution in [2.75, 3.05) is 0 Å². The third-order valence-electron chi connectivity index (χ3n) is 5.13. The molecule has 2 bridgehead atoms. The van der Waals surface area contributed by atoms with Crippen LogP contribution in [0.3, 0.4) is 0 Å². The Morgan fingerprint density at radius 1 is 1.33 bits per heavy atom. The molecule has 2 aliphatic carbocycles. The van der Waals surface area contributed by atoms with E-state index in [9.17, 15) is 4.79 Å². The zero-order valence-corrected chi connectivity index (χ0v) is 10.1. The van der Waals surface area contributed by atoms with Crippen molar-refractivity contribution in [2.45, 2.75) is 24.7 Å². The first-order valence-corrected chi connectivity index (χ1v) is 6.56. The van der Waals surface area contributed by atoms with E-state index >= 15 is 0 Å². The van der Waals surface area contributed by atoms with Gasteiger partial charge in [-0.15, -0.1) is 12.3 Å². The lowest BCUT2D eigenvalue weighted by molar-refractivity contribution is -0.141. The number of rotatable bonds is 0. The SMILES string of the molecule is C#C[C@H]1C2CCC(C2)[C@]12C(=O)Oc1ccccc12. The van der Waals surface area contributed by atoms with Crippen LogP contribution in [0.5, 0.6) is 5.75 Å². The molecule has 18 heavy (non-hydrogen) atoms. The molecule has 0 aromatic heterocycles. The molecule has 1 aromatic rings. The Bertz CT molecular complexity index is 583. The van der Waals surface area contributed by atoms with Crippen molar-refractivity contribution in [1.29, 1.82) is 0 Å². The van der Waals surface area contributed by atoms with Gasteiger partial charge in [-0.1, -0.05) is 18.2 Å². The number of hydrogen-bond acceptors (Lipinski definition) is 2. The van der Waals surface area contributed by atoms with Crippen LogP contribution in [-0.4, -0.2) is 5.97 Å². The standard InChI is InChI=1S/C16H14O2/c1-2-12-10-7-8-11(9-10)16(12)13-5-3-4-6-14(13)18-15(16)17/h1,3-6,10-12H,7-9H2/t10?,11?,12-,16-/m0/s1. The Kier molecular flexibility index (Phi) is 1.80. The fraction of sp³-hybridized carbons (Fsp3) is 0.438. The highest BCUT2D eigenvalue weighted by Gasteiger charge is 2.66. The number of carbonyl (C=O) groups is 1. The van der Waals surface area contributed by atoms with Crippen LogP contribution in [-0.2, 0) is 10.2 Å². The average molecular weight is 238 g/mol. The number of carbonyl (C=O) groups excluding carboxylic acids is 1. The van der Waals surface area contributed by atoms with E-state index in [4.69, 9.17) is 11.2 Å². The quantitative estimate of drug-likeness (QED) is 0.394. The summed E-state index contributed by atoms with van der Waals surface area (Å²) >= 11 is 0. The number of para-hydroxylation sites is 1. The summed E-state index contributed by atoms with van der Waals surface area (Å²) in [5.74, 6) is 4.40. The molecule has 1 spiro atoms. The molecule has 0 N–H and O–H groups in total. The molecule has 4 rings (SSSR count). The van der Waals surface area contributed by atoms with E-state index in [-0.39, 0.29) is 11.9 Å². The van der Waals surface area contributed by atoms with Crippen molar-refractivity contribution in [3.63, 3.8) is 0 Å². The second-order valence-corrected chi connectivity index (χ2v) is 5.67. The van der Waals surface area contributed by atoms with Gasteiger partial charge in [0.05, 0.1) is 0 Å². The van der Waals surface area contributed by atoms with E-state index in [1.165, 1.54) is 0 Å². The maximum Gasteiger partial charge on any atom is 0.323 e. The molecule has 2 nitrogen and oxygen atoms in total. The summed E-state index contributed by atoms with van der Waals surface area (Å²) < 4.78 is 5.49. The first-order chi connectivity index (χ1) is 8.78. The van der Waals surface area contributed by atoms with Crippen molar-refractivity contribution in [2.24, 2.45) is 17.8 Å². The van der Waals surface area contributed by atoms with E-state index < -0.39 is 5.41 Å². The molecule has 3 aliphatic rings. The predicted octanol–water partition coefficient (Wildman–Crippen LogP) is 2.52. The van der Waals surface area contributed by atoms with Crippen LogP contribution < -0.4 is 4.74 Å². The van der Waals surface area contributed by atoms with Crippen LogP contribution in [0.2, 0.25) is 0 Å². The van der Waals surface area contributed by atoms with Crippen molar-refractivity contribution >= 4 is 5.97 Å². The van der Waals surface area contributed by atoms with Crippen LogP contribution in [0.25, 0.3) is 0 Å². The summed E-state index contributed by atoms with van der Waals surface area (Å²) in [5, 5.41) is 0. The lowest BCUT2D eigenvalue weighted by Crippen LogP contribution is -2.45. The number of hydrogen-bond donors (Lipinski definition) is 0. The average Bonchev–Trinajstić information content (AvgIpc) is 3.04. The third-order valence-corrected chi connectivity index (χ3v) is 5.13. The highest BCUT2D eigenvalue weighted by atomic mass is 16.5. The molecule has 1 heterocycles. The van der Waals surface area contributed by atoms with E-state index in [2.05, 4.69) is 5.92 Å². The molecular formula is C16H14O2. The van der Waals surface area contributed by atoms with Gasteiger partial charge in [0.1, 0.15) is 11.2 Å². The van der Waals surface area contributed by atoms with Crippen LogP contribution in [0.1, 0.15) is 24.8 Å². The molecule has 2 fully saturated rings. The lowest BCUT2D eigenvalue weighted by Gasteiger charge is -2.35. The molecule has 1 aromatic carbocycles. The minimum Gasteiger partial charge on any atom is -0.425 e. The largest absolute Gasteiger partial charge is 0.425 e. The number of fused-ring (bicyclic) bond motifs is 5. The summed E-state index contributed by atoms with van der Waals surface area (Å²) in [6.07, 6.45) is 9.08. The second kappa shape index (κ2) is 3.17. The number of ether oxygens (including phenoxy) is 1. The van der Waals surface area contributed by atoms with Crippen molar-refractivity contribution in [3.8, 4) is 18.1 Å². The summed E-state index contributed by atoms with van der Waals surface area (Å²) in [4.78, 5) is 12.5. The fourth-order valence-electron chi connectivity index (χ4n) is 4.50. The molecular weight excluding hydrogens is 224 g/mol. The highest BCUT2D eigenvalue weighted by molar-refractivity contribution is 5.92. The summed E-state index contributed by atoms with van der Waals surface area (Å²) in [5.41, 5.74) is 0.499. The van der Waals surface area contributed by atoms with E-state index in [0.29, 0.717) is 11.8 Å². The van der Waals surface area contributed by atoms with Crippen molar-refractivity contribution in [1.82, 2.24) is 0 Å². The smallest absolute Gasteiger partial charge is 0.323 e. The number of esters is 1. The first kappa shape index (κ1) is 10.2. The fourth-order valence-corrected chi connectivity index (χ4v) is 4.50. The zero-order valence-electron chi connectivity index (χ0n) is 10.1. The normalized spacial score (nSPS) is 39.7. The molecule has 2 unspecified atom stereocenters. The van der Waals surface area contributed by atoms with Crippen molar-refractivity contribution < 1.29 is 9.53 Å².